The second kappa shape index (κ2) is 11.2. The van der Waals surface area contributed by atoms with Gasteiger partial charge in [0.05, 0.1) is 12.1 Å². The van der Waals surface area contributed by atoms with Crippen molar-refractivity contribution < 1.29 is 28.2 Å². The highest BCUT2D eigenvalue weighted by Gasteiger charge is 2.18. The second-order valence-corrected chi connectivity index (χ2v) is 7.56. The van der Waals surface area contributed by atoms with Crippen LogP contribution in [-0.4, -0.2) is 37.2 Å². The Labute approximate surface area is 206 Å². The first-order valence-electron chi connectivity index (χ1n) is 10.9. The number of halogens is 1. The third-order valence-corrected chi connectivity index (χ3v) is 5.07. The fraction of sp³-hybridized carbons (Fsp3) is 0.115. The summed E-state index contributed by atoms with van der Waals surface area (Å²) in [6.45, 7) is 0.604. The van der Waals surface area contributed by atoms with Gasteiger partial charge in [0.1, 0.15) is 35.2 Å². The number of nitrogens with two attached hydrogens (primary N) is 1. The van der Waals surface area contributed by atoms with Crippen LogP contribution in [0.2, 0.25) is 0 Å². The van der Waals surface area contributed by atoms with Crippen LogP contribution in [0.1, 0.15) is 10.4 Å². The lowest BCUT2D eigenvalue weighted by Gasteiger charge is -2.14. The number of pyridine rings is 1. The van der Waals surface area contributed by atoms with Gasteiger partial charge in [-0.15, -0.1) is 0 Å². The smallest absolute Gasteiger partial charge is 0.323 e. The molecule has 0 atom stereocenters. The van der Waals surface area contributed by atoms with E-state index in [0.717, 1.165) is 0 Å². The van der Waals surface area contributed by atoms with Crippen LogP contribution in [0, 0.1) is 5.82 Å². The van der Waals surface area contributed by atoms with E-state index >= 15 is 0 Å². The molecule has 0 aliphatic heterocycles. The lowest BCUT2D eigenvalue weighted by molar-refractivity contribution is 0.0994. The number of amides is 3. The summed E-state index contributed by atoms with van der Waals surface area (Å²) in [6.07, 6.45) is 1.51. The van der Waals surface area contributed by atoms with Gasteiger partial charge in [-0.05, 0) is 66.7 Å². The minimum Gasteiger partial charge on any atom is -0.490 e. The van der Waals surface area contributed by atoms with Gasteiger partial charge in [0.15, 0.2) is 0 Å². The van der Waals surface area contributed by atoms with Crippen molar-refractivity contribution in [2.45, 2.75) is 0 Å². The van der Waals surface area contributed by atoms with Gasteiger partial charge in [0, 0.05) is 30.1 Å². The second-order valence-electron chi connectivity index (χ2n) is 7.56. The average molecular weight is 490 g/mol. The molecule has 4 rings (SSSR count). The number of ether oxygens (including phenoxy) is 3. The molecule has 0 fully saturated rings. The Bertz CT molecular complexity index is 1380. The number of carbonyl (C=O) groups excluding carboxylic acids is 2. The molecule has 9 nitrogen and oxygen atoms in total. The van der Waals surface area contributed by atoms with Crippen LogP contribution in [0.5, 0.6) is 17.2 Å². The van der Waals surface area contributed by atoms with Gasteiger partial charge in [-0.1, -0.05) is 0 Å². The molecule has 0 unspecified atom stereocenters. The molecule has 1 heterocycles. The average Bonchev–Trinajstić information content (AvgIpc) is 2.86. The first-order valence-corrected chi connectivity index (χ1v) is 10.9. The number of aromatic nitrogens is 1. The minimum absolute atomic E-state index is 0.153. The summed E-state index contributed by atoms with van der Waals surface area (Å²) in [7, 11) is 1.55. The van der Waals surface area contributed by atoms with Crippen LogP contribution in [-0.2, 0) is 4.74 Å². The molecule has 0 saturated heterocycles. The molecule has 0 bridgehead atoms. The van der Waals surface area contributed by atoms with Gasteiger partial charge in [0.25, 0.3) is 5.91 Å². The van der Waals surface area contributed by atoms with E-state index in [4.69, 9.17) is 19.9 Å². The molecule has 1 aromatic heterocycles. The zero-order valence-corrected chi connectivity index (χ0v) is 19.3. The number of rotatable bonds is 9. The summed E-state index contributed by atoms with van der Waals surface area (Å²) in [4.78, 5) is 28.7. The topological polar surface area (TPSA) is 125 Å². The minimum atomic E-state index is -0.674. The van der Waals surface area contributed by atoms with Crippen LogP contribution in [0.4, 0.5) is 20.6 Å². The van der Waals surface area contributed by atoms with E-state index in [1.54, 1.807) is 49.6 Å². The molecule has 4 N–H and O–H groups in total. The molecule has 0 saturated carbocycles. The zero-order valence-electron chi connectivity index (χ0n) is 19.3. The van der Waals surface area contributed by atoms with Crippen LogP contribution >= 0.6 is 0 Å². The summed E-state index contributed by atoms with van der Waals surface area (Å²) < 4.78 is 29.6. The highest BCUT2D eigenvalue weighted by molar-refractivity contribution is 6.08. The quantitative estimate of drug-likeness (QED) is 0.286. The molecule has 3 amide bonds. The highest BCUT2D eigenvalue weighted by Crippen LogP contribution is 2.34. The maximum Gasteiger partial charge on any atom is 0.323 e. The Morgan fingerprint density at radius 3 is 2.19 bits per heavy atom. The zero-order chi connectivity index (χ0) is 25.5. The van der Waals surface area contributed by atoms with E-state index in [1.807, 2.05) is 0 Å². The van der Waals surface area contributed by atoms with Crippen molar-refractivity contribution in [3.63, 3.8) is 0 Å². The van der Waals surface area contributed by atoms with Crippen molar-refractivity contribution in [2.24, 2.45) is 5.73 Å². The Morgan fingerprint density at radius 1 is 0.889 bits per heavy atom. The summed E-state index contributed by atoms with van der Waals surface area (Å²) in [5, 5.41) is 5.88. The van der Waals surface area contributed by atoms with Crippen molar-refractivity contribution in [2.75, 3.05) is 31.0 Å². The summed E-state index contributed by atoms with van der Waals surface area (Å²) in [5.41, 5.74) is 7.10. The first kappa shape index (κ1) is 24.4. The van der Waals surface area contributed by atoms with Gasteiger partial charge in [-0.3, -0.25) is 9.78 Å². The number of benzene rings is 3. The van der Waals surface area contributed by atoms with Gasteiger partial charge < -0.3 is 30.6 Å². The van der Waals surface area contributed by atoms with Gasteiger partial charge >= 0.3 is 6.03 Å². The Balaban J connectivity index is 1.49. The summed E-state index contributed by atoms with van der Waals surface area (Å²) in [5.74, 6) is 0.201. The lowest BCUT2D eigenvalue weighted by atomic mass is 10.1. The number of anilines is 2. The predicted octanol–water partition coefficient (Wildman–Crippen LogP) is 4.93. The van der Waals surface area contributed by atoms with Crippen LogP contribution in [0.3, 0.4) is 0 Å². The van der Waals surface area contributed by atoms with Crippen LogP contribution in [0.25, 0.3) is 10.9 Å². The molecule has 3 aromatic carbocycles. The Kier molecular flexibility index (Phi) is 7.57. The number of methoxy groups -OCH3 is 1. The van der Waals surface area contributed by atoms with E-state index in [9.17, 15) is 14.0 Å². The van der Waals surface area contributed by atoms with E-state index in [0.29, 0.717) is 46.1 Å². The number of fused-ring (bicyclic) bond motifs is 1. The lowest BCUT2D eigenvalue weighted by Crippen LogP contribution is -2.19. The number of hydrogen-bond donors (Lipinski definition) is 3. The molecule has 0 spiro atoms. The number of nitrogens with one attached hydrogen (secondary N) is 2. The molecule has 184 valence electrons. The van der Waals surface area contributed by atoms with Crippen LogP contribution < -0.4 is 25.8 Å². The van der Waals surface area contributed by atoms with Crippen molar-refractivity contribution in [3.8, 4) is 17.2 Å². The maximum atomic E-state index is 13.0. The monoisotopic (exact) mass is 490 g/mol. The Morgan fingerprint density at radius 2 is 1.56 bits per heavy atom. The normalized spacial score (nSPS) is 10.6. The molecule has 4 aromatic rings. The molecule has 0 radical (unpaired) electrons. The summed E-state index contributed by atoms with van der Waals surface area (Å²) >= 11 is 0. The van der Waals surface area contributed by atoms with Crippen molar-refractivity contribution in [1.82, 2.24) is 4.98 Å². The maximum absolute atomic E-state index is 13.0. The third kappa shape index (κ3) is 5.86. The van der Waals surface area contributed by atoms with Crippen molar-refractivity contribution in [1.29, 1.82) is 0 Å². The molecular formula is C26H23FN4O5. The predicted molar refractivity (Wildman–Crippen MR) is 133 cm³/mol. The number of urea groups is 1. The molecule has 0 aliphatic rings. The third-order valence-electron chi connectivity index (χ3n) is 5.07. The van der Waals surface area contributed by atoms with E-state index in [1.165, 1.54) is 30.5 Å². The molecule has 10 heteroatoms. The van der Waals surface area contributed by atoms with E-state index in [2.05, 4.69) is 15.6 Å². The summed E-state index contributed by atoms with van der Waals surface area (Å²) in [6, 6.07) is 16.7. The van der Waals surface area contributed by atoms with Crippen molar-refractivity contribution in [3.05, 3.63) is 84.3 Å². The Hall–Kier alpha value is -4.70. The molecule has 0 aliphatic carbocycles. The van der Waals surface area contributed by atoms with Crippen LogP contribution in [0.15, 0.2) is 72.9 Å². The fourth-order valence-corrected chi connectivity index (χ4v) is 3.42. The number of primary amides is 1. The largest absolute Gasteiger partial charge is 0.490 e. The number of hydrogen-bond acceptors (Lipinski definition) is 6. The van der Waals surface area contributed by atoms with Gasteiger partial charge in [-0.2, -0.15) is 0 Å². The highest BCUT2D eigenvalue weighted by atomic mass is 19.1. The number of nitrogens with zero attached hydrogens (tertiary/aromatic N) is 1. The molecular weight excluding hydrogens is 467 g/mol. The first-order chi connectivity index (χ1) is 17.4. The van der Waals surface area contributed by atoms with E-state index < -0.39 is 11.9 Å². The van der Waals surface area contributed by atoms with Gasteiger partial charge in [-0.25, -0.2) is 9.18 Å². The van der Waals surface area contributed by atoms with Gasteiger partial charge in [0.2, 0.25) is 0 Å². The standard InChI is InChI=1S/C26H23FN4O5/c1-34-14-15-35-22-11-10-20-21(12-13-29-24(20)23(22)25(28)32)36-19-8-6-18(7-9-19)31-26(33)30-17-4-2-16(27)3-5-17/h2-13H,14-15H2,1H3,(H2,28,32)(H2,30,31,33). The molecule has 36 heavy (non-hydrogen) atoms. The number of carbonyl (C=O) groups is 2. The van der Waals surface area contributed by atoms with E-state index in [-0.39, 0.29) is 18.0 Å². The SMILES string of the molecule is COCCOc1ccc2c(Oc3ccc(NC(=O)Nc4ccc(F)cc4)cc3)ccnc2c1C(N)=O. The fourth-order valence-electron chi connectivity index (χ4n) is 3.42. The van der Waals surface area contributed by atoms with Crippen molar-refractivity contribution >= 4 is 34.2 Å².